The number of hydrogen-bond donors (Lipinski definition) is 1. The monoisotopic (exact) mass is 971 g/mol. The van der Waals surface area contributed by atoms with Gasteiger partial charge in [0.2, 0.25) is 0 Å². The van der Waals surface area contributed by atoms with Gasteiger partial charge in [-0.05, 0) is 77.6 Å². The van der Waals surface area contributed by atoms with Crippen LogP contribution in [0.5, 0.6) is 0 Å². The van der Waals surface area contributed by atoms with Gasteiger partial charge in [0.05, 0.1) is 29.6 Å². The number of halogens is 4. The van der Waals surface area contributed by atoms with Gasteiger partial charge in [0, 0.05) is 36.4 Å². The standard InChI is InChI=1S/C16H24ClNO2S.C11H22O2S.C5H3ClIN.C5H4ClNS.CH4.Na/c1-3-5-7-13(4-2)12-20-15(19)9-11-21-14-8-6-10-18-16(14)17;1-3-5-6-10(4-2)9-13-11(12)7-8-14;6-5-4(7)2-1-3-8-5;6-5-4(8)2-1-3-7-5;;/h6,8,10,13H,3-5,7,9,11-12H2,1-2H3;10,14H,3-9H2,1-2H3;1-3H;1-3,8H;1H4;/q;;;;;+1/p-1/i;;;;1T;. The van der Waals surface area contributed by atoms with Gasteiger partial charge >= 0.3 is 41.5 Å². The zero-order valence-electron chi connectivity index (χ0n) is 33.0. The van der Waals surface area contributed by atoms with Crippen LogP contribution in [0.15, 0.2) is 64.8 Å². The Morgan fingerprint density at radius 2 is 1.30 bits per heavy atom. The Morgan fingerprint density at radius 1 is 0.830 bits per heavy atom. The van der Waals surface area contributed by atoms with Crippen LogP contribution >= 0.6 is 81.8 Å². The summed E-state index contributed by atoms with van der Waals surface area (Å²) >= 11 is 29.5. The number of nitrogens with zero attached hydrogens (tertiary/aromatic N) is 3. The largest absolute Gasteiger partial charge is 1.00 e. The van der Waals surface area contributed by atoms with Crippen LogP contribution < -0.4 is 29.6 Å². The Labute approximate surface area is 387 Å². The summed E-state index contributed by atoms with van der Waals surface area (Å²) in [6.07, 6.45) is 15.0. The number of hydrogen-bond acceptors (Lipinski definition) is 10. The first-order valence-corrected chi connectivity index (χ1v) is 21.4. The molecule has 3 rings (SSSR count). The van der Waals surface area contributed by atoms with Crippen LogP contribution in [0, 0.1) is 15.4 Å². The molecule has 0 amide bonds. The minimum absolute atomic E-state index is 0. The Bertz CT molecular complexity index is 1280. The third-order valence-electron chi connectivity index (χ3n) is 7.09. The molecule has 0 N–H and O–H groups in total. The molecule has 0 radical (unpaired) electrons. The Kier molecular flexibility index (Phi) is 40.2. The molecule has 3 heterocycles. The molecule has 53 heavy (non-hydrogen) atoms. The SMILES string of the molecule is CCCCC(CC)COC(=O)CCS.CCCCC(CC)COC(=O)CCSc1cccnc1Cl.Clc1ncccc1I.[3H]C.[Na+].[S-]c1cccnc1Cl. The molecule has 0 spiro atoms. The molecule has 3 aromatic rings. The van der Waals surface area contributed by atoms with E-state index in [1.54, 1.807) is 30.7 Å². The maximum Gasteiger partial charge on any atom is 1.00 e. The molecule has 0 fully saturated rings. The molecule has 2 atom stereocenters. The molecule has 0 bridgehead atoms. The number of carbonyl (C=O) groups is 2. The second-order valence-corrected chi connectivity index (χ2v) is 15.4. The average Bonchev–Trinajstić information content (AvgIpc) is 3.17. The first-order valence-electron chi connectivity index (χ1n) is 18.2. The predicted molar refractivity (Wildman–Crippen MR) is 235 cm³/mol. The Balaban J connectivity index is -0.000000677. The molecule has 3 aromatic heterocycles. The zero-order chi connectivity index (χ0) is 40.3. The van der Waals surface area contributed by atoms with Crippen molar-refractivity contribution in [2.45, 2.75) is 109 Å². The topological polar surface area (TPSA) is 91.3 Å². The van der Waals surface area contributed by atoms with E-state index in [1.165, 1.54) is 51.3 Å². The maximum atomic E-state index is 11.7. The van der Waals surface area contributed by atoms with E-state index in [0.29, 0.717) is 69.8 Å². The van der Waals surface area contributed by atoms with Gasteiger partial charge in [-0.2, -0.15) is 12.6 Å². The van der Waals surface area contributed by atoms with E-state index in [9.17, 15) is 9.59 Å². The predicted octanol–water partition coefficient (Wildman–Crippen LogP) is 9.66. The third-order valence-corrected chi connectivity index (χ3v) is 11.0. The summed E-state index contributed by atoms with van der Waals surface area (Å²) in [5.74, 6) is 2.03. The molecule has 2 unspecified atom stereocenters. The molecule has 0 saturated heterocycles. The average molecular weight is 973 g/mol. The number of ether oxygens (including phenoxy) is 2. The van der Waals surface area contributed by atoms with Crippen molar-refractivity contribution in [1.82, 2.24) is 15.0 Å². The summed E-state index contributed by atoms with van der Waals surface area (Å²) in [5, 5.41) is 1.47. The first-order chi connectivity index (χ1) is 25.5. The van der Waals surface area contributed by atoms with Crippen LogP contribution in [0.4, 0.5) is 0 Å². The van der Waals surface area contributed by atoms with Gasteiger partial charge in [0.1, 0.15) is 15.5 Å². The second-order valence-electron chi connectivity index (χ2n) is 11.1. The van der Waals surface area contributed by atoms with Gasteiger partial charge in [-0.15, -0.1) is 16.7 Å². The van der Waals surface area contributed by atoms with Crippen molar-refractivity contribution >= 4 is 106 Å². The molecule has 0 aliphatic heterocycles. The summed E-state index contributed by atoms with van der Waals surface area (Å²) in [5.41, 5.74) is 0. The van der Waals surface area contributed by atoms with Crippen LogP contribution in [0.1, 0.15) is 101 Å². The van der Waals surface area contributed by atoms with E-state index in [0.717, 1.165) is 27.7 Å². The van der Waals surface area contributed by atoms with E-state index in [1.807, 2.05) is 24.3 Å². The fourth-order valence-corrected chi connectivity index (χ4v) is 5.93. The summed E-state index contributed by atoms with van der Waals surface area (Å²) in [7, 11) is 1.25. The smallest absolute Gasteiger partial charge is 0.777 e. The second kappa shape index (κ2) is 38.8. The van der Waals surface area contributed by atoms with Gasteiger partial charge in [-0.25, -0.2) is 15.0 Å². The molecule has 0 aromatic carbocycles. The van der Waals surface area contributed by atoms with E-state index >= 15 is 0 Å². The van der Waals surface area contributed by atoms with Crippen LogP contribution in [0.2, 0.25) is 15.5 Å². The number of thiol groups is 1. The van der Waals surface area contributed by atoms with Crippen molar-refractivity contribution in [3.05, 3.63) is 74.0 Å². The van der Waals surface area contributed by atoms with Crippen LogP contribution in [0.3, 0.4) is 0 Å². The number of aromatic nitrogens is 3. The Morgan fingerprint density at radius 3 is 1.68 bits per heavy atom. The van der Waals surface area contributed by atoms with Gasteiger partial charge in [-0.3, -0.25) is 9.59 Å². The van der Waals surface area contributed by atoms with Crippen LogP contribution in [-0.4, -0.2) is 51.6 Å². The van der Waals surface area contributed by atoms with Crippen molar-refractivity contribution in [2.75, 3.05) is 24.7 Å². The van der Waals surface area contributed by atoms with Crippen molar-refractivity contribution < 1.29 is 50.0 Å². The van der Waals surface area contributed by atoms with Gasteiger partial charge < -0.3 is 22.1 Å². The van der Waals surface area contributed by atoms with Crippen molar-refractivity contribution in [3.63, 3.8) is 0 Å². The number of rotatable bonds is 18. The number of thioether (sulfide) groups is 1. The fourth-order valence-electron chi connectivity index (χ4n) is 3.91. The van der Waals surface area contributed by atoms with Crippen molar-refractivity contribution in [1.29, 1.82) is 0 Å². The minimum Gasteiger partial charge on any atom is -0.777 e. The quantitative estimate of drug-likeness (QED) is 0.0255. The van der Waals surface area contributed by atoms with Crippen molar-refractivity contribution in [3.8, 4) is 0 Å². The molecular formula is C38H56Cl3IN3NaO4S3. The molecule has 0 saturated carbocycles. The minimum atomic E-state index is -0.127. The Hall–Kier alpha value is -0.0900. The third kappa shape index (κ3) is 31.7. The summed E-state index contributed by atoms with van der Waals surface area (Å²) < 4.78 is 17.2. The van der Waals surface area contributed by atoms with E-state index in [4.69, 9.17) is 58.3 Å². The summed E-state index contributed by atoms with van der Waals surface area (Å²) in [4.78, 5) is 35.9. The van der Waals surface area contributed by atoms with E-state index in [-0.39, 0.29) is 41.5 Å². The van der Waals surface area contributed by atoms with Gasteiger partial charge in [0.25, 0.3) is 0 Å². The van der Waals surface area contributed by atoms with E-state index in [2.05, 4.69) is 77.9 Å². The van der Waals surface area contributed by atoms with Crippen LogP contribution in [0.25, 0.3) is 0 Å². The number of unbranched alkanes of at least 4 members (excludes halogenated alkanes) is 2. The molecule has 0 aliphatic rings. The summed E-state index contributed by atoms with van der Waals surface area (Å²) in [6.45, 7) is 9.79. The van der Waals surface area contributed by atoms with E-state index < -0.39 is 0 Å². The normalized spacial score (nSPS) is 11.0. The molecular weight excluding hydrogens is 915 g/mol. The van der Waals surface area contributed by atoms with Crippen molar-refractivity contribution in [2.24, 2.45) is 11.8 Å². The van der Waals surface area contributed by atoms with Gasteiger partial charge in [0.15, 0.2) is 0 Å². The number of pyridine rings is 3. The van der Waals surface area contributed by atoms with Gasteiger partial charge in [-0.1, -0.05) is 114 Å². The molecule has 7 nitrogen and oxygen atoms in total. The van der Waals surface area contributed by atoms with Crippen LogP contribution in [-0.2, 0) is 31.7 Å². The summed E-state index contributed by atoms with van der Waals surface area (Å²) in [6, 6.07) is 11.0. The number of esters is 2. The fraction of sp³-hybridized carbons (Fsp3) is 0.553. The number of carbonyl (C=O) groups excluding carboxylic acids is 2. The molecule has 0 aliphatic carbocycles. The molecule has 15 heteroatoms. The molecule has 294 valence electrons. The first kappa shape index (κ1) is 55.0. The maximum absolute atomic E-state index is 11.7. The zero-order valence-corrected chi connectivity index (χ0v) is 41.0.